The van der Waals surface area contributed by atoms with Crippen LogP contribution in [0.3, 0.4) is 0 Å². The van der Waals surface area contributed by atoms with E-state index in [4.69, 9.17) is 4.74 Å². The van der Waals surface area contributed by atoms with Crippen molar-refractivity contribution < 1.29 is 14.3 Å². The minimum absolute atomic E-state index is 0.127. The standard InChI is InChI=1S/C29H29N3O3/c1-19-21(8-6-16-30-17-23-13-15-28(34)31-23)7-4-9-24(19)25-10-5-11-26(20(25)2)27-14-12-22(18-33)29(32-27)35-3/h4-5,7,9-12,14,18,23,30H,13,15-17H2,1-3H3,(H,31,34)/t23-/m0/s1. The maximum absolute atomic E-state index is 11.3. The quantitative estimate of drug-likeness (QED) is 0.311. The Hall–Kier alpha value is -3.95. The molecule has 1 saturated heterocycles. The van der Waals surface area contributed by atoms with Crippen LogP contribution >= 0.6 is 0 Å². The third-order valence-corrected chi connectivity index (χ3v) is 6.36. The highest BCUT2D eigenvalue weighted by Crippen LogP contribution is 2.34. The zero-order valence-corrected chi connectivity index (χ0v) is 20.3. The summed E-state index contributed by atoms with van der Waals surface area (Å²) in [5, 5.41) is 6.26. The molecule has 4 rings (SSSR count). The summed E-state index contributed by atoms with van der Waals surface area (Å²) in [7, 11) is 1.51. The molecule has 2 aromatic carbocycles. The predicted octanol–water partition coefficient (Wildman–Crippen LogP) is 4.07. The summed E-state index contributed by atoms with van der Waals surface area (Å²) in [5.41, 5.74) is 7.59. The Morgan fingerprint density at radius 3 is 2.54 bits per heavy atom. The van der Waals surface area contributed by atoms with Crippen LogP contribution in [0, 0.1) is 25.7 Å². The lowest BCUT2D eigenvalue weighted by Crippen LogP contribution is -2.35. The van der Waals surface area contributed by atoms with Gasteiger partial charge in [0.25, 0.3) is 0 Å². The van der Waals surface area contributed by atoms with Gasteiger partial charge in [0.2, 0.25) is 11.8 Å². The van der Waals surface area contributed by atoms with Gasteiger partial charge in [0.15, 0.2) is 6.29 Å². The minimum Gasteiger partial charge on any atom is -0.480 e. The van der Waals surface area contributed by atoms with Crippen molar-refractivity contribution in [1.29, 1.82) is 0 Å². The van der Waals surface area contributed by atoms with Gasteiger partial charge in [0.1, 0.15) is 0 Å². The van der Waals surface area contributed by atoms with Crippen LogP contribution in [0.15, 0.2) is 48.5 Å². The van der Waals surface area contributed by atoms with E-state index in [0.29, 0.717) is 24.4 Å². The number of hydrogen-bond acceptors (Lipinski definition) is 5. The maximum atomic E-state index is 11.3. The second-order valence-corrected chi connectivity index (χ2v) is 8.60. The smallest absolute Gasteiger partial charge is 0.224 e. The molecule has 0 bridgehead atoms. The molecule has 35 heavy (non-hydrogen) atoms. The lowest BCUT2D eigenvalue weighted by Gasteiger charge is -2.15. The average Bonchev–Trinajstić information content (AvgIpc) is 3.29. The van der Waals surface area contributed by atoms with Gasteiger partial charge in [-0.1, -0.05) is 42.2 Å². The zero-order valence-electron chi connectivity index (χ0n) is 20.3. The van der Waals surface area contributed by atoms with Crippen molar-refractivity contribution in [2.24, 2.45) is 0 Å². The topological polar surface area (TPSA) is 80.3 Å². The highest BCUT2D eigenvalue weighted by atomic mass is 16.5. The highest BCUT2D eigenvalue weighted by molar-refractivity contribution is 5.82. The van der Waals surface area contributed by atoms with Crippen molar-refractivity contribution in [3.05, 3.63) is 70.8 Å². The summed E-state index contributed by atoms with van der Waals surface area (Å²) in [5.74, 6) is 6.94. The molecule has 1 atom stereocenters. The van der Waals surface area contributed by atoms with Crippen molar-refractivity contribution in [3.63, 3.8) is 0 Å². The predicted molar refractivity (Wildman–Crippen MR) is 137 cm³/mol. The van der Waals surface area contributed by atoms with E-state index in [1.807, 2.05) is 30.3 Å². The van der Waals surface area contributed by atoms with Crippen LogP contribution in [0.2, 0.25) is 0 Å². The molecule has 3 aromatic rings. The molecule has 0 spiro atoms. The second kappa shape index (κ2) is 11.0. The number of methoxy groups -OCH3 is 1. The SMILES string of the molecule is COc1nc(-c2cccc(-c3cccc(C#CCNC[C@@H]4CCC(=O)N4)c3C)c2C)ccc1C=O. The number of carbonyl (C=O) groups excluding carboxylic acids is 2. The average molecular weight is 468 g/mol. The number of hydrogen-bond donors (Lipinski definition) is 2. The van der Waals surface area contributed by atoms with Gasteiger partial charge in [0, 0.05) is 30.1 Å². The van der Waals surface area contributed by atoms with E-state index in [-0.39, 0.29) is 11.9 Å². The number of aromatic nitrogens is 1. The van der Waals surface area contributed by atoms with E-state index < -0.39 is 0 Å². The summed E-state index contributed by atoms with van der Waals surface area (Å²) in [6.45, 7) is 5.47. The van der Waals surface area contributed by atoms with Crippen LogP contribution in [0.5, 0.6) is 5.88 Å². The minimum atomic E-state index is 0.127. The normalized spacial score (nSPS) is 14.7. The van der Waals surface area contributed by atoms with Gasteiger partial charge in [0.05, 0.1) is 24.9 Å². The van der Waals surface area contributed by atoms with Gasteiger partial charge in [-0.05, 0) is 60.7 Å². The molecular weight excluding hydrogens is 438 g/mol. The molecular formula is C29H29N3O3. The van der Waals surface area contributed by atoms with Crippen LogP contribution in [0.4, 0.5) is 0 Å². The molecule has 1 aliphatic rings. The number of nitrogens with one attached hydrogen (secondary N) is 2. The first kappa shape index (κ1) is 24.2. The number of amides is 1. The van der Waals surface area contributed by atoms with Crippen LogP contribution in [-0.4, -0.2) is 43.4 Å². The van der Waals surface area contributed by atoms with Crippen LogP contribution in [0.25, 0.3) is 22.4 Å². The molecule has 1 fully saturated rings. The molecule has 0 aliphatic carbocycles. The molecule has 1 amide bonds. The van der Waals surface area contributed by atoms with E-state index in [1.165, 1.54) is 7.11 Å². The fourth-order valence-corrected chi connectivity index (χ4v) is 4.40. The summed E-state index contributed by atoms with van der Waals surface area (Å²) in [6.07, 6.45) is 2.23. The molecule has 178 valence electrons. The Morgan fingerprint density at radius 1 is 1.09 bits per heavy atom. The number of ether oxygens (including phenoxy) is 1. The van der Waals surface area contributed by atoms with E-state index >= 15 is 0 Å². The molecule has 0 unspecified atom stereocenters. The highest BCUT2D eigenvalue weighted by Gasteiger charge is 2.19. The number of pyridine rings is 1. The molecule has 2 heterocycles. The van der Waals surface area contributed by atoms with Crippen LogP contribution in [-0.2, 0) is 4.79 Å². The molecule has 0 saturated carbocycles. The van der Waals surface area contributed by atoms with Crippen LogP contribution < -0.4 is 15.4 Å². The summed E-state index contributed by atoms with van der Waals surface area (Å²) >= 11 is 0. The Bertz CT molecular complexity index is 1320. The Kier molecular flexibility index (Phi) is 7.59. The number of carbonyl (C=O) groups is 2. The van der Waals surface area contributed by atoms with Crippen molar-refractivity contribution >= 4 is 12.2 Å². The summed E-state index contributed by atoms with van der Waals surface area (Å²) in [6, 6.07) is 16.1. The monoisotopic (exact) mass is 467 g/mol. The number of rotatable bonds is 7. The van der Waals surface area contributed by atoms with Gasteiger partial charge >= 0.3 is 0 Å². The molecule has 6 heteroatoms. The molecule has 0 radical (unpaired) electrons. The van der Waals surface area contributed by atoms with E-state index in [1.54, 1.807) is 6.07 Å². The number of aldehydes is 1. The molecule has 2 N–H and O–H groups in total. The van der Waals surface area contributed by atoms with Crippen molar-refractivity contribution in [3.8, 4) is 40.1 Å². The van der Waals surface area contributed by atoms with Crippen LogP contribution in [0.1, 0.15) is 39.9 Å². The van der Waals surface area contributed by atoms with Crippen molar-refractivity contribution in [1.82, 2.24) is 15.6 Å². The largest absolute Gasteiger partial charge is 0.480 e. The zero-order chi connectivity index (χ0) is 24.8. The first-order chi connectivity index (χ1) is 17.0. The van der Waals surface area contributed by atoms with Gasteiger partial charge < -0.3 is 15.4 Å². The molecule has 1 aliphatic heterocycles. The summed E-state index contributed by atoms with van der Waals surface area (Å²) < 4.78 is 5.30. The number of benzene rings is 2. The van der Waals surface area contributed by atoms with Gasteiger partial charge in [-0.2, -0.15) is 0 Å². The third-order valence-electron chi connectivity index (χ3n) is 6.36. The fraction of sp³-hybridized carbons (Fsp3) is 0.276. The van der Waals surface area contributed by atoms with Crippen molar-refractivity contribution in [2.75, 3.05) is 20.2 Å². The Balaban J connectivity index is 1.56. The van der Waals surface area contributed by atoms with Gasteiger partial charge in [-0.15, -0.1) is 0 Å². The summed E-state index contributed by atoms with van der Waals surface area (Å²) in [4.78, 5) is 27.1. The van der Waals surface area contributed by atoms with E-state index in [2.05, 4.69) is 53.4 Å². The van der Waals surface area contributed by atoms with Gasteiger partial charge in [-0.3, -0.25) is 9.59 Å². The van der Waals surface area contributed by atoms with E-state index in [9.17, 15) is 9.59 Å². The van der Waals surface area contributed by atoms with Gasteiger partial charge in [-0.25, -0.2) is 4.98 Å². The van der Waals surface area contributed by atoms with Crippen molar-refractivity contribution in [2.45, 2.75) is 32.7 Å². The first-order valence-corrected chi connectivity index (χ1v) is 11.7. The molecule has 6 nitrogen and oxygen atoms in total. The first-order valence-electron chi connectivity index (χ1n) is 11.7. The second-order valence-electron chi connectivity index (χ2n) is 8.60. The molecule has 1 aromatic heterocycles. The lowest BCUT2D eigenvalue weighted by molar-refractivity contribution is -0.119. The fourth-order valence-electron chi connectivity index (χ4n) is 4.40. The Labute approximate surface area is 206 Å². The maximum Gasteiger partial charge on any atom is 0.224 e. The van der Waals surface area contributed by atoms with E-state index in [0.717, 1.165) is 58.3 Å². The lowest BCUT2D eigenvalue weighted by atomic mass is 9.90. The third kappa shape index (κ3) is 5.42. The Morgan fingerprint density at radius 2 is 1.83 bits per heavy atom. The number of nitrogens with zero attached hydrogens (tertiary/aromatic N) is 1.